The predicted molar refractivity (Wildman–Crippen MR) is 65.7 cm³/mol. The summed E-state index contributed by atoms with van der Waals surface area (Å²) < 4.78 is 28.2. The summed E-state index contributed by atoms with van der Waals surface area (Å²) in [6.45, 7) is 1.47. The highest BCUT2D eigenvalue weighted by molar-refractivity contribution is 6.31. The Morgan fingerprint density at radius 1 is 1.29 bits per heavy atom. The average Bonchev–Trinajstić information content (AvgIpc) is 2.49. The minimum absolute atomic E-state index is 0.0696. The van der Waals surface area contributed by atoms with Gasteiger partial charge in [0, 0.05) is 17.0 Å². The third kappa shape index (κ3) is 3.17. The standard InChI is InChI=1S/C13H16ClF2N/c14-11-3-1-4-12(15)10(11)9-13(16)5-2-7-17-8-6-13/h1,3-4,17H,2,5-9H2. The summed E-state index contributed by atoms with van der Waals surface area (Å²) in [5.74, 6) is -0.410. The lowest BCUT2D eigenvalue weighted by Gasteiger charge is -2.24. The van der Waals surface area contributed by atoms with Gasteiger partial charge in [-0.25, -0.2) is 8.78 Å². The van der Waals surface area contributed by atoms with Crippen LogP contribution in [0.5, 0.6) is 0 Å². The van der Waals surface area contributed by atoms with E-state index >= 15 is 0 Å². The molecule has 17 heavy (non-hydrogen) atoms. The van der Waals surface area contributed by atoms with E-state index in [4.69, 9.17) is 11.6 Å². The average molecular weight is 260 g/mol. The molecule has 1 atom stereocenters. The molecule has 0 spiro atoms. The maximum atomic E-state index is 14.6. The van der Waals surface area contributed by atoms with Crippen LogP contribution in [0, 0.1) is 5.82 Å². The summed E-state index contributed by atoms with van der Waals surface area (Å²) in [5, 5.41) is 3.47. The van der Waals surface area contributed by atoms with Crippen molar-refractivity contribution in [3.63, 3.8) is 0 Å². The summed E-state index contributed by atoms with van der Waals surface area (Å²) in [5.41, 5.74) is -1.03. The van der Waals surface area contributed by atoms with E-state index in [2.05, 4.69) is 5.32 Å². The molecule has 0 amide bonds. The van der Waals surface area contributed by atoms with Crippen molar-refractivity contribution in [2.45, 2.75) is 31.4 Å². The first-order valence-corrected chi connectivity index (χ1v) is 6.31. The third-order valence-corrected chi connectivity index (χ3v) is 3.64. The number of rotatable bonds is 2. The quantitative estimate of drug-likeness (QED) is 0.857. The molecule has 4 heteroatoms. The molecule has 0 aliphatic carbocycles. The molecule has 1 nitrogen and oxygen atoms in total. The highest BCUT2D eigenvalue weighted by Gasteiger charge is 2.32. The summed E-state index contributed by atoms with van der Waals surface area (Å²) in [6.07, 6.45) is 1.73. The molecule has 1 N–H and O–H groups in total. The molecule has 0 bridgehead atoms. The van der Waals surface area contributed by atoms with Gasteiger partial charge in [-0.05, 0) is 44.5 Å². The van der Waals surface area contributed by atoms with E-state index in [-0.39, 0.29) is 6.42 Å². The summed E-state index contributed by atoms with van der Waals surface area (Å²) >= 11 is 5.93. The molecule has 1 fully saturated rings. The summed E-state index contributed by atoms with van der Waals surface area (Å²) in [4.78, 5) is 0. The van der Waals surface area contributed by atoms with Gasteiger partial charge < -0.3 is 5.32 Å². The van der Waals surface area contributed by atoms with Crippen LogP contribution in [-0.4, -0.2) is 18.8 Å². The van der Waals surface area contributed by atoms with Gasteiger partial charge in [-0.1, -0.05) is 17.7 Å². The molecule has 1 saturated heterocycles. The SMILES string of the molecule is Fc1cccc(Cl)c1CC1(F)CCCNCC1. The number of hydrogen-bond donors (Lipinski definition) is 1. The molecular formula is C13H16ClF2N. The fourth-order valence-electron chi connectivity index (χ4n) is 2.29. The predicted octanol–water partition coefficient (Wildman–Crippen LogP) is 3.50. The molecule has 0 aromatic heterocycles. The number of halogens is 3. The second kappa shape index (κ2) is 5.32. The zero-order chi connectivity index (χ0) is 12.3. The normalized spacial score (nSPS) is 25.6. The summed E-state index contributed by atoms with van der Waals surface area (Å²) in [6, 6.07) is 4.48. The van der Waals surface area contributed by atoms with Crippen LogP contribution in [0.1, 0.15) is 24.8 Å². The van der Waals surface area contributed by atoms with E-state index in [9.17, 15) is 8.78 Å². The van der Waals surface area contributed by atoms with Gasteiger partial charge in [0.15, 0.2) is 0 Å². The van der Waals surface area contributed by atoms with Crippen molar-refractivity contribution in [2.75, 3.05) is 13.1 Å². The van der Waals surface area contributed by atoms with Crippen molar-refractivity contribution < 1.29 is 8.78 Å². The minimum Gasteiger partial charge on any atom is -0.317 e. The van der Waals surface area contributed by atoms with Gasteiger partial charge in [0.2, 0.25) is 0 Å². The first kappa shape index (κ1) is 12.8. The van der Waals surface area contributed by atoms with E-state index in [1.54, 1.807) is 12.1 Å². The van der Waals surface area contributed by atoms with Crippen molar-refractivity contribution in [1.29, 1.82) is 0 Å². The third-order valence-electron chi connectivity index (χ3n) is 3.28. The van der Waals surface area contributed by atoms with E-state index in [1.807, 2.05) is 0 Å². The van der Waals surface area contributed by atoms with Crippen molar-refractivity contribution >= 4 is 11.6 Å². The zero-order valence-corrected chi connectivity index (χ0v) is 10.4. The largest absolute Gasteiger partial charge is 0.317 e. The molecule has 1 unspecified atom stereocenters. The summed E-state index contributed by atoms with van der Waals surface area (Å²) in [7, 11) is 0. The molecule has 94 valence electrons. The fourth-order valence-corrected chi connectivity index (χ4v) is 2.52. The lowest BCUT2D eigenvalue weighted by atomic mass is 9.89. The first-order valence-electron chi connectivity index (χ1n) is 5.93. The van der Waals surface area contributed by atoms with E-state index in [0.29, 0.717) is 30.0 Å². The second-order valence-electron chi connectivity index (χ2n) is 4.63. The van der Waals surface area contributed by atoms with Crippen molar-refractivity contribution in [1.82, 2.24) is 5.32 Å². The highest BCUT2D eigenvalue weighted by atomic mass is 35.5. The van der Waals surface area contributed by atoms with Crippen LogP contribution in [0.3, 0.4) is 0 Å². The molecule has 1 aromatic rings. The second-order valence-corrected chi connectivity index (χ2v) is 5.04. The number of hydrogen-bond acceptors (Lipinski definition) is 1. The van der Waals surface area contributed by atoms with Crippen LogP contribution in [0.15, 0.2) is 18.2 Å². The van der Waals surface area contributed by atoms with E-state index in [0.717, 1.165) is 13.0 Å². The van der Waals surface area contributed by atoms with Gasteiger partial charge in [-0.2, -0.15) is 0 Å². The Balaban J connectivity index is 2.18. The number of benzene rings is 1. The van der Waals surface area contributed by atoms with Gasteiger partial charge in [0.1, 0.15) is 11.5 Å². The van der Waals surface area contributed by atoms with Crippen LogP contribution in [0.2, 0.25) is 5.02 Å². The Hall–Kier alpha value is -0.670. The highest BCUT2D eigenvalue weighted by Crippen LogP contribution is 2.32. The monoisotopic (exact) mass is 259 g/mol. The van der Waals surface area contributed by atoms with Gasteiger partial charge in [-0.3, -0.25) is 0 Å². The maximum Gasteiger partial charge on any atom is 0.128 e. The van der Waals surface area contributed by atoms with Crippen LogP contribution >= 0.6 is 11.6 Å². The molecule has 1 heterocycles. The Labute approximate surface area is 105 Å². The maximum absolute atomic E-state index is 14.6. The van der Waals surface area contributed by atoms with Crippen LogP contribution in [-0.2, 0) is 6.42 Å². The van der Waals surface area contributed by atoms with Gasteiger partial charge >= 0.3 is 0 Å². The van der Waals surface area contributed by atoms with E-state index in [1.165, 1.54) is 6.07 Å². The lowest BCUT2D eigenvalue weighted by molar-refractivity contribution is 0.143. The molecular weight excluding hydrogens is 244 g/mol. The molecule has 1 aromatic carbocycles. The van der Waals surface area contributed by atoms with Gasteiger partial charge in [-0.15, -0.1) is 0 Å². The molecule has 0 radical (unpaired) electrons. The first-order chi connectivity index (χ1) is 8.11. The Bertz CT molecular complexity index is 367. The van der Waals surface area contributed by atoms with Crippen molar-refractivity contribution in [2.24, 2.45) is 0 Å². The van der Waals surface area contributed by atoms with Gasteiger partial charge in [0.25, 0.3) is 0 Å². The minimum atomic E-state index is -1.34. The smallest absolute Gasteiger partial charge is 0.128 e. The molecule has 0 saturated carbocycles. The van der Waals surface area contributed by atoms with Crippen LogP contribution in [0.25, 0.3) is 0 Å². The molecule has 1 aliphatic heterocycles. The van der Waals surface area contributed by atoms with Crippen molar-refractivity contribution in [3.8, 4) is 0 Å². The molecule has 1 aliphatic rings. The topological polar surface area (TPSA) is 12.0 Å². The number of nitrogens with one attached hydrogen (secondary N) is 1. The van der Waals surface area contributed by atoms with Gasteiger partial charge in [0.05, 0.1) is 0 Å². The molecule has 2 rings (SSSR count). The lowest BCUT2D eigenvalue weighted by Crippen LogP contribution is -2.28. The van der Waals surface area contributed by atoms with Crippen LogP contribution in [0.4, 0.5) is 8.78 Å². The van der Waals surface area contributed by atoms with Crippen molar-refractivity contribution in [3.05, 3.63) is 34.6 Å². The Kier molecular flexibility index (Phi) is 4.00. The Morgan fingerprint density at radius 2 is 2.12 bits per heavy atom. The van der Waals surface area contributed by atoms with Crippen LogP contribution < -0.4 is 5.32 Å². The fraction of sp³-hybridized carbons (Fsp3) is 0.538. The zero-order valence-electron chi connectivity index (χ0n) is 9.61. The van der Waals surface area contributed by atoms with E-state index < -0.39 is 11.5 Å². The number of alkyl halides is 1. The Morgan fingerprint density at radius 3 is 2.88 bits per heavy atom.